The van der Waals surface area contributed by atoms with E-state index in [0.717, 1.165) is 21.8 Å². The summed E-state index contributed by atoms with van der Waals surface area (Å²) >= 11 is 0. The van der Waals surface area contributed by atoms with Gasteiger partial charge in [-0.15, -0.1) is 0 Å². The zero-order valence-electron chi connectivity index (χ0n) is 15.8. The molecule has 0 amide bonds. The second-order valence-corrected chi connectivity index (χ2v) is 7.58. The minimum atomic E-state index is -3.01. The maximum absolute atomic E-state index is 12.3. The number of rotatable bonds is 8. The zero-order chi connectivity index (χ0) is 20.9. The van der Waals surface area contributed by atoms with Gasteiger partial charge in [0.1, 0.15) is 13.2 Å². The van der Waals surface area contributed by atoms with E-state index in [1.165, 1.54) is 12.4 Å². The maximum atomic E-state index is 12.3. The summed E-state index contributed by atoms with van der Waals surface area (Å²) in [7, 11) is -3.01. The van der Waals surface area contributed by atoms with E-state index in [-0.39, 0.29) is 11.6 Å². The van der Waals surface area contributed by atoms with Gasteiger partial charge in [0.25, 0.3) is 0 Å². The van der Waals surface area contributed by atoms with Crippen molar-refractivity contribution in [3.05, 3.63) is 84.2 Å². The molecular formula is C22H17N2O5P. The van der Waals surface area contributed by atoms with Crippen molar-refractivity contribution in [2.45, 2.75) is 0 Å². The largest absolute Gasteiger partial charge is 0.320 e. The van der Waals surface area contributed by atoms with Crippen LogP contribution in [0.15, 0.2) is 73.1 Å². The first kappa shape index (κ1) is 20.0. The van der Waals surface area contributed by atoms with Crippen LogP contribution >= 0.6 is 8.25 Å². The molecule has 2 heterocycles. The number of aromatic nitrogens is 2. The summed E-state index contributed by atoms with van der Waals surface area (Å²) < 4.78 is 22.0. The Hall–Kier alpha value is -3.25. The summed E-state index contributed by atoms with van der Waals surface area (Å²) in [5, 5.41) is 1.64. The lowest BCUT2D eigenvalue weighted by atomic mass is 10.1. The molecule has 0 saturated heterocycles. The number of hydrogen-bond donors (Lipinski definition) is 0. The lowest BCUT2D eigenvalue weighted by Crippen LogP contribution is -2.09. The standard InChI is InChI=1S/C22H17N2O5P/c25-21(17-9-15-5-1-3-7-19(15)23-11-17)13-28-30(27)29-14-22(26)18-10-16-6-2-4-8-20(16)24-12-18/h1-12,30H,13-14H2. The second kappa shape index (κ2) is 9.05. The van der Waals surface area contributed by atoms with Crippen molar-refractivity contribution in [1.29, 1.82) is 0 Å². The van der Waals surface area contributed by atoms with Crippen LogP contribution in [0.2, 0.25) is 0 Å². The number of carbonyl (C=O) groups is 2. The van der Waals surface area contributed by atoms with E-state index in [4.69, 9.17) is 9.05 Å². The fourth-order valence-corrected chi connectivity index (χ4v) is 3.49. The molecule has 0 aliphatic rings. The number of hydrogen-bond acceptors (Lipinski definition) is 7. The van der Waals surface area contributed by atoms with E-state index in [2.05, 4.69) is 9.97 Å². The Morgan fingerprint density at radius 1 is 0.733 bits per heavy atom. The Morgan fingerprint density at radius 3 is 1.63 bits per heavy atom. The van der Waals surface area contributed by atoms with Crippen LogP contribution in [0.4, 0.5) is 0 Å². The van der Waals surface area contributed by atoms with Crippen LogP contribution in [0, 0.1) is 0 Å². The Bertz CT molecular complexity index is 1180. The van der Waals surface area contributed by atoms with E-state index >= 15 is 0 Å². The first-order chi connectivity index (χ1) is 14.6. The smallest absolute Gasteiger partial charge is 0.302 e. The highest BCUT2D eigenvalue weighted by molar-refractivity contribution is 7.33. The number of para-hydroxylation sites is 2. The minimum absolute atomic E-state index is 0.349. The van der Waals surface area contributed by atoms with Crippen molar-refractivity contribution >= 4 is 41.6 Å². The van der Waals surface area contributed by atoms with Gasteiger partial charge in [-0.2, -0.15) is 0 Å². The molecule has 0 N–H and O–H groups in total. The van der Waals surface area contributed by atoms with Gasteiger partial charge in [-0.05, 0) is 24.3 Å². The molecule has 2 aromatic heterocycles. The van der Waals surface area contributed by atoms with Gasteiger partial charge in [0, 0.05) is 34.3 Å². The van der Waals surface area contributed by atoms with Gasteiger partial charge in [-0.25, -0.2) is 0 Å². The number of benzene rings is 2. The van der Waals surface area contributed by atoms with Crippen LogP contribution in [0.5, 0.6) is 0 Å². The van der Waals surface area contributed by atoms with Crippen LogP contribution in [0.3, 0.4) is 0 Å². The minimum Gasteiger partial charge on any atom is -0.302 e. The highest BCUT2D eigenvalue weighted by Crippen LogP contribution is 2.25. The number of Topliss-reactive ketones (excluding diaryl/α,β-unsaturated/α-hetero) is 2. The fraction of sp³-hybridized carbons (Fsp3) is 0.0909. The Labute approximate surface area is 172 Å². The molecule has 2 aromatic carbocycles. The third kappa shape index (κ3) is 4.66. The molecule has 0 aliphatic carbocycles. The molecule has 0 spiro atoms. The number of ketones is 2. The molecule has 0 radical (unpaired) electrons. The van der Waals surface area contributed by atoms with Gasteiger partial charge < -0.3 is 9.05 Å². The van der Waals surface area contributed by atoms with E-state index in [0.29, 0.717) is 11.1 Å². The quantitative estimate of drug-likeness (QED) is 0.310. The lowest BCUT2D eigenvalue weighted by Gasteiger charge is -2.06. The number of fused-ring (bicyclic) bond motifs is 2. The van der Waals surface area contributed by atoms with Crippen LogP contribution in [0.25, 0.3) is 21.8 Å². The van der Waals surface area contributed by atoms with Crippen molar-refractivity contribution in [3.63, 3.8) is 0 Å². The summed E-state index contributed by atoms with van der Waals surface area (Å²) in [5.74, 6) is -0.750. The zero-order valence-corrected chi connectivity index (χ0v) is 16.8. The molecule has 0 atom stereocenters. The number of pyridine rings is 2. The summed E-state index contributed by atoms with van der Waals surface area (Å²) in [6, 6.07) is 18.2. The van der Waals surface area contributed by atoms with Crippen LogP contribution in [-0.4, -0.2) is 34.7 Å². The molecular weight excluding hydrogens is 403 g/mol. The predicted molar refractivity (Wildman–Crippen MR) is 113 cm³/mol. The van der Waals surface area contributed by atoms with Gasteiger partial charge in [-0.3, -0.25) is 24.1 Å². The van der Waals surface area contributed by atoms with Gasteiger partial charge in [0.15, 0.2) is 11.6 Å². The van der Waals surface area contributed by atoms with Crippen molar-refractivity contribution in [1.82, 2.24) is 9.97 Å². The average molecular weight is 420 g/mol. The Morgan fingerprint density at radius 2 is 1.17 bits per heavy atom. The van der Waals surface area contributed by atoms with E-state index in [9.17, 15) is 14.2 Å². The lowest BCUT2D eigenvalue weighted by molar-refractivity contribution is 0.0877. The number of nitrogens with zero attached hydrogens (tertiary/aromatic N) is 2. The molecule has 0 saturated carbocycles. The van der Waals surface area contributed by atoms with Crippen LogP contribution in [-0.2, 0) is 13.6 Å². The third-order valence-corrected chi connectivity index (χ3v) is 5.23. The van der Waals surface area contributed by atoms with Crippen molar-refractivity contribution in [3.8, 4) is 0 Å². The molecule has 0 fully saturated rings. The first-order valence-corrected chi connectivity index (χ1v) is 10.4. The summed E-state index contributed by atoms with van der Waals surface area (Å²) in [6.45, 7) is -0.854. The van der Waals surface area contributed by atoms with Crippen LogP contribution in [0.1, 0.15) is 20.7 Å². The van der Waals surface area contributed by atoms with E-state index < -0.39 is 21.5 Å². The first-order valence-electron chi connectivity index (χ1n) is 9.16. The highest BCUT2D eigenvalue weighted by atomic mass is 31.1. The second-order valence-electron chi connectivity index (χ2n) is 6.51. The molecule has 30 heavy (non-hydrogen) atoms. The third-order valence-electron chi connectivity index (χ3n) is 4.47. The topological polar surface area (TPSA) is 95.5 Å². The number of carbonyl (C=O) groups excluding carboxylic acids is 2. The van der Waals surface area contributed by atoms with Crippen molar-refractivity contribution < 1.29 is 23.2 Å². The van der Waals surface area contributed by atoms with Gasteiger partial charge in [0.05, 0.1) is 11.0 Å². The Balaban J connectivity index is 1.30. The fourth-order valence-electron chi connectivity index (χ4n) is 2.90. The van der Waals surface area contributed by atoms with Crippen LogP contribution < -0.4 is 0 Å². The summed E-state index contributed by atoms with van der Waals surface area (Å²) in [4.78, 5) is 32.9. The maximum Gasteiger partial charge on any atom is 0.320 e. The summed E-state index contributed by atoms with van der Waals surface area (Å²) in [6.07, 6.45) is 2.89. The van der Waals surface area contributed by atoms with Gasteiger partial charge in [0.2, 0.25) is 0 Å². The Kier molecular flexibility index (Phi) is 6.05. The summed E-state index contributed by atoms with van der Waals surface area (Å²) in [5.41, 5.74) is 2.24. The highest BCUT2D eigenvalue weighted by Gasteiger charge is 2.13. The monoisotopic (exact) mass is 420 g/mol. The molecule has 0 bridgehead atoms. The molecule has 4 rings (SSSR count). The van der Waals surface area contributed by atoms with Crippen molar-refractivity contribution in [2.75, 3.05) is 13.2 Å². The normalized spacial score (nSPS) is 11.2. The van der Waals surface area contributed by atoms with E-state index in [1.807, 2.05) is 48.5 Å². The molecule has 4 aromatic rings. The molecule has 7 nitrogen and oxygen atoms in total. The molecule has 0 aliphatic heterocycles. The molecule has 0 unspecified atom stereocenters. The van der Waals surface area contributed by atoms with E-state index in [1.54, 1.807) is 12.1 Å². The molecule has 150 valence electrons. The SMILES string of the molecule is O=C(CO[PH](=O)OCC(=O)c1cnc2ccccc2c1)c1cnc2ccccc2c1. The predicted octanol–water partition coefficient (Wildman–Crippen LogP) is 4.27. The van der Waals surface area contributed by atoms with Gasteiger partial charge in [-0.1, -0.05) is 36.4 Å². The van der Waals surface area contributed by atoms with Gasteiger partial charge >= 0.3 is 8.25 Å². The molecule has 8 heteroatoms. The van der Waals surface area contributed by atoms with Crippen molar-refractivity contribution in [2.24, 2.45) is 0 Å². The average Bonchev–Trinajstić information content (AvgIpc) is 2.80.